The monoisotopic (exact) mass is 266 g/mol. The predicted octanol–water partition coefficient (Wildman–Crippen LogP) is 3.22. The second-order valence-electron chi connectivity index (χ2n) is 5.52. The van der Waals surface area contributed by atoms with E-state index in [9.17, 15) is 0 Å². The van der Waals surface area contributed by atoms with Crippen LogP contribution in [0.1, 0.15) is 33.3 Å². The van der Waals surface area contributed by atoms with Crippen molar-refractivity contribution in [2.75, 3.05) is 5.75 Å². The van der Waals surface area contributed by atoms with Gasteiger partial charge < -0.3 is 13.7 Å². The van der Waals surface area contributed by atoms with Gasteiger partial charge in [0, 0.05) is 11.3 Å². The van der Waals surface area contributed by atoms with Gasteiger partial charge in [-0.1, -0.05) is 6.08 Å². The zero-order valence-corrected chi connectivity index (χ0v) is 12.2. The lowest BCUT2D eigenvalue weighted by atomic mass is 9.78. The highest BCUT2D eigenvalue weighted by molar-refractivity contribution is 7.80. The van der Waals surface area contributed by atoms with E-state index in [1.54, 1.807) is 12.5 Å². The van der Waals surface area contributed by atoms with Crippen LogP contribution in [-0.2, 0) is 9.31 Å². The van der Waals surface area contributed by atoms with E-state index in [0.29, 0.717) is 5.75 Å². The molecular formula is C13H19BO3S. The molecule has 5 heteroatoms. The molecule has 18 heavy (non-hydrogen) atoms. The van der Waals surface area contributed by atoms with Gasteiger partial charge in [-0.05, 0) is 39.2 Å². The van der Waals surface area contributed by atoms with Crippen LogP contribution in [0, 0.1) is 0 Å². The normalized spacial score (nSPS) is 22.5. The van der Waals surface area contributed by atoms with Gasteiger partial charge in [-0.15, -0.1) is 0 Å². The Bertz CT molecular complexity index is 421. The summed E-state index contributed by atoms with van der Waals surface area (Å²) >= 11 is 4.36. The van der Waals surface area contributed by atoms with E-state index in [1.165, 1.54) is 0 Å². The van der Waals surface area contributed by atoms with Crippen LogP contribution < -0.4 is 0 Å². The third kappa shape index (κ3) is 2.53. The molecule has 1 aromatic rings. The summed E-state index contributed by atoms with van der Waals surface area (Å²) in [4.78, 5) is 0. The van der Waals surface area contributed by atoms with Crippen LogP contribution in [0.3, 0.4) is 0 Å². The fourth-order valence-electron chi connectivity index (χ4n) is 1.75. The molecule has 1 aliphatic heterocycles. The quantitative estimate of drug-likeness (QED) is 0.673. The molecule has 98 valence electrons. The van der Waals surface area contributed by atoms with Gasteiger partial charge >= 0.3 is 7.12 Å². The lowest BCUT2D eigenvalue weighted by Crippen LogP contribution is -2.41. The summed E-state index contributed by atoms with van der Waals surface area (Å²) in [6.45, 7) is 8.17. The van der Waals surface area contributed by atoms with Crippen molar-refractivity contribution in [2.24, 2.45) is 0 Å². The first-order chi connectivity index (χ1) is 8.36. The van der Waals surface area contributed by atoms with Crippen LogP contribution in [0.25, 0.3) is 6.08 Å². The first kappa shape index (κ1) is 13.8. The van der Waals surface area contributed by atoms with Gasteiger partial charge in [0.2, 0.25) is 0 Å². The molecule has 3 nitrogen and oxygen atoms in total. The highest BCUT2D eigenvalue weighted by atomic mass is 32.1. The highest BCUT2D eigenvalue weighted by Crippen LogP contribution is 2.38. The van der Waals surface area contributed by atoms with Crippen LogP contribution in [-0.4, -0.2) is 24.1 Å². The molecule has 1 aromatic heterocycles. The number of hydrogen-bond acceptors (Lipinski definition) is 4. The Balaban J connectivity index is 2.22. The van der Waals surface area contributed by atoms with E-state index >= 15 is 0 Å². The fourth-order valence-corrected chi connectivity index (χ4v) is 1.99. The minimum atomic E-state index is -0.345. The molecule has 0 aromatic carbocycles. The standard InChI is InChI=1S/C13H19BO3S/c1-12(2)13(3,4)17-14(16-12)11(9-18)7-10-5-6-15-8-10/h5-8,18H,9H2,1-4H3. The molecule has 0 atom stereocenters. The first-order valence-electron chi connectivity index (χ1n) is 6.05. The Morgan fingerprint density at radius 2 is 1.89 bits per heavy atom. The molecule has 2 rings (SSSR count). The zero-order chi connectivity index (χ0) is 13.4. The van der Waals surface area contributed by atoms with Gasteiger partial charge in [0.05, 0.1) is 23.7 Å². The minimum Gasteiger partial charge on any atom is -0.472 e. The van der Waals surface area contributed by atoms with E-state index < -0.39 is 0 Å². The van der Waals surface area contributed by atoms with Crippen molar-refractivity contribution < 1.29 is 13.7 Å². The lowest BCUT2D eigenvalue weighted by molar-refractivity contribution is 0.00578. The van der Waals surface area contributed by atoms with Gasteiger partial charge in [0.1, 0.15) is 0 Å². The summed E-state index contributed by atoms with van der Waals surface area (Å²) in [6, 6.07) is 1.90. The highest BCUT2D eigenvalue weighted by Gasteiger charge is 2.52. The Morgan fingerprint density at radius 1 is 1.28 bits per heavy atom. The molecule has 0 saturated carbocycles. The van der Waals surface area contributed by atoms with Crippen molar-refractivity contribution in [2.45, 2.75) is 38.9 Å². The van der Waals surface area contributed by atoms with E-state index in [0.717, 1.165) is 11.0 Å². The molecular weight excluding hydrogens is 247 g/mol. The summed E-state index contributed by atoms with van der Waals surface area (Å²) in [5.74, 6) is 0.585. The van der Waals surface area contributed by atoms with Crippen LogP contribution in [0.5, 0.6) is 0 Å². The Morgan fingerprint density at radius 3 is 2.33 bits per heavy atom. The van der Waals surface area contributed by atoms with E-state index in [-0.39, 0.29) is 18.3 Å². The van der Waals surface area contributed by atoms with Crippen molar-refractivity contribution in [3.05, 3.63) is 29.6 Å². The van der Waals surface area contributed by atoms with Crippen LogP contribution in [0.2, 0.25) is 0 Å². The number of rotatable bonds is 3. The minimum absolute atomic E-state index is 0.323. The van der Waals surface area contributed by atoms with Crippen molar-refractivity contribution in [3.63, 3.8) is 0 Å². The smallest absolute Gasteiger partial charge is 0.472 e. The maximum absolute atomic E-state index is 6.00. The average Bonchev–Trinajstić information content (AvgIpc) is 2.82. The maximum atomic E-state index is 6.00. The Hall–Kier alpha value is -0.645. The molecule has 0 bridgehead atoms. The van der Waals surface area contributed by atoms with Gasteiger partial charge in [0.25, 0.3) is 0 Å². The van der Waals surface area contributed by atoms with Crippen LogP contribution >= 0.6 is 12.6 Å². The lowest BCUT2D eigenvalue weighted by Gasteiger charge is -2.32. The molecule has 0 aliphatic carbocycles. The van der Waals surface area contributed by atoms with Crippen molar-refractivity contribution in [3.8, 4) is 0 Å². The summed E-state index contributed by atoms with van der Waals surface area (Å²) in [5, 5.41) is 0. The predicted molar refractivity (Wildman–Crippen MR) is 76.6 cm³/mol. The summed E-state index contributed by atoms with van der Waals surface area (Å²) in [6.07, 6.45) is 5.33. The molecule has 0 spiro atoms. The maximum Gasteiger partial charge on any atom is 0.491 e. The van der Waals surface area contributed by atoms with Crippen LogP contribution in [0.4, 0.5) is 0 Å². The van der Waals surface area contributed by atoms with E-state index in [2.05, 4.69) is 12.6 Å². The zero-order valence-electron chi connectivity index (χ0n) is 11.3. The van der Waals surface area contributed by atoms with Gasteiger partial charge in [-0.3, -0.25) is 0 Å². The van der Waals surface area contributed by atoms with E-state index in [1.807, 2.05) is 39.8 Å². The first-order valence-corrected chi connectivity index (χ1v) is 6.68. The Kier molecular flexibility index (Phi) is 3.67. The largest absolute Gasteiger partial charge is 0.491 e. The molecule has 0 radical (unpaired) electrons. The third-order valence-corrected chi connectivity index (χ3v) is 4.00. The SMILES string of the molecule is CC1(C)OB(C(=Cc2ccoc2)CS)OC1(C)C. The van der Waals surface area contributed by atoms with E-state index in [4.69, 9.17) is 13.7 Å². The number of furan rings is 1. The second kappa shape index (κ2) is 4.80. The van der Waals surface area contributed by atoms with Crippen molar-refractivity contribution in [1.29, 1.82) is 0 Å². The average molecular weight is 266 g/mol. The molecule has 0 N–H and O–H groups in total. The van der Waals surface area contributed by atoms with Gasteiger partial charge in [0.15, 0.2) is 0 Å². The van der Waals surface area contributed by atoms with Crippen molar-refractivity contribution >= 4 is 25.8 Å². The molecule has 0 unspecified atom stereocenters. The molecule has 2 heterocycles. The summed E-state index contributed by atoms with van der Waals surface area (Å²) in [7, 11) is -0.345. The van der Waals surface area contributed by atoms with Crippen LogP contribution in [0.15, 0.2) is 28.5 Å². The fraction of sp³-hybridized carbons (Fsp3) is 0.538. The topological polar surface area (TPSA) is 31.6 Å². The summed E-state index contributed by atoms with van der Waals surface area (Å²) in [5.41, 5.74) is 1.35. The van der Waals surface area contributed by atoms with Crippen molar-refractivity contribution in [1.82, 2.24) is 0 Å². The molecule has 0 amide bonds. The molecule has 1 saturated heterocycles. The van der Waals surface area contributed by atoms with Gasteiger partial charge in [-0.25, -0.2) is 0 Å². The summed E-state index contributed by atoms with van der Waals surface area (Å²) < 4.78 is 17.0. The molecule has 1 fully saturated rings. The Labute approximate surface area is 114 Å². The molecule has 1 aliphatic rings. The number of thiol groups is 1. The van der Waals surface area contributed by atoms with Gasteiger partial charge in [-0.2, -0.15) is 12.6 Å². The number of hydrogen-bond donors (Lipinski definition) is 1. The third-order valence-electron chi connectivity index (χ3n) is 3.63. The second-order valence-corrected chi connectivity index (χ2v) is 5.84.